The first kappa shape index (κ1) is 12.1. The van der Waals surface area contributed by atoms with Crippen LogP contribution >= 0.6 is 11.3 Å². The van der Waals surface area contributed by atoms with Gasteiger partial charge in [0, 0.05) is 4.88 Å². The van der Waals surface area contributed by atoms with Crippen LogP contribution in [0.2, 0.25) is 0 Å². The molecule has 1 fully saturated rings. The van der Waals surface area contributed by atoms with Crippen LogP contribution in [0, 0.1) is 6.92 Å². The molecule has 1 atom stereocenters. The molecule has 0 amide bonds. The molecule has 1 unspecified atom stereocenters. The van der Waals surface area contributed by atoms with Crippen LogP contribution in [-0.2, 0) is 0 Å². The van der Waals surface area contributed by atoms with Crippen molar-refractivity contribution in [3.05, 3.63) is 21.9 Å². The Balaban J connectivity index is 2.15. The van der Waals surface area contributed by atoms with Gasteiger partial charge in [-0.2, -0.15) is 0 Å². The number of aryl methyl sites for hydroxylation is 1. The quantitative estimate of drug-likeness (QED) is 0.779. The van der Waals surface area contributed by atoms with E-state index in [0.717, 1.165) is 31.2 Å². The van der Waals surface area contributed by atoms with Crippen molar-refractivity contribution in [1.82, 2.24) is 0 Å². The third-order valence-electron chi connectivity index (χ3n) is 3.54. The fraction of sp³-hybridized carbons (Fsp3) is 0.692. The molecule has 2 N–H and O–H groups in total. The average molecular weight is 240 g/mol. The summed E-state index contributed by atoms with van der Waals surface area (Å²) in [6, 6.07) is 1.98. The van der Waals surface area contributed by atoms with Crippen molar-refractivity contribution in [2.45, 2.75) is 57.2 Å². The summed E-state index contributed by atoms with van der Waals surface area (Å²) >= 11 is 1.63. The Labute approximate surface area is 101 Å². The lowest BCUT2D eigenvalue weighted by atomic mass is 9.85. The van der Waals surface area contributed by atoms with E-state index in [-0.39, 0.29) is 0 Å². The van der Waals surface area contributed by atoms with Gasteiger partial charge in [0.05, 0.1) is 5.60 Å². The number of thiophene rings is 1. The fourth-order valence-electron chi connectivity index (χ4n) is 2.53. The summed E-state index contributed by atoms with van der Waals surface area (Å²) in [6.07, 6.45) is 5.14. The highest BCUT2D eigenvalue weighted by Crippen LogP contribution is 2.38. The van der Waals surface area contributed by atoms with E-state index in [4.69, 9.17) is 0 Å². The van der Waals surface area contributed by atoms with E-state index in [1.807, 2.05) is 18.4 Å². The monoisotopic (exact) mass is 240 g/mol. The van der Waals surface area contributed by atoms with Crippen LogP contribution in [0.15, 0.2) is 11.4 Å². The highest BCUT2D eigenvalue weighted by Gasteiger charge is 2.36. The van der Waals surface area contributed by atoms with Crippen molar-refractivity contribution < 1.29 is 10.2 Å². The lowest BCUT2D eigenvalue weighted by Gasteiger charge is -2.31. The molecule has 2 nitrogen and oxygen atoms in total. The summed E-state index contributed by atoms with van der Waals surface area (Å²) < 4.78 is 0. The molecule has 16 heavy (non-hydrogen) atoms. The lowest BCUT2D eigenvalue weighted by Crippen LogP contribution is -2.35. The number of hydrogen-bond donors (Lipinski definition) is 2. The first-order chi connectivity index (χ1) is 7.62. The van der Waals surface area contributed by atoms with Crippen molar-refractivity contribution in [3.63, 3.8) is 0 Å². The third kappa shape index (κ3) is 2.47. The Morgan fingerprint density at radius 2 is 1.88 bits per heavy atom. The van der Waals surface area contributed by atoms with E-state index >= 15 is 0 Å². The molecule has 0 radical (unpaired) electrons. The number of aliphatic hydroxyl groups excluding tert-OH is 1. The minimum absolute atomic E-state index is 0.712. The predicted molar refractivity (Wildman–Crippen MR) is 66.7 cm³/mol. The summed E-state index contributed by atoms with van der Waals surface area (Å²) in [5.41, 5.74) is -0.0174. The van der Waals surface area contributed by atoms with E-state index < -0.39 is 11.7 Å². The number of aliphatic hydroxyl groups is 2. The van der Waals surface area contributed by atoms with Gasteiger partial charge in [0.1, 0.15) is 6.10 Å². The van der Waals surface area contributed by atoms with Crippen molar-refractivity contribution >= 4 is 11.3 Å². The molecular formula is C13H20O2S. The van der Waals surface area contributed by atoms with E-state index in [9.17, 15) is 10.2 Å². The molecular weight excluding hydrogens is 220 g/mol. The first-order valence-corrected chi connectivity index (χ1v) is 6.95. The Kier molecular flexibility index (Phi) is 3.67. The second-order valence-corrected chi connectivity index (χ2v) is 6.03. The molecule has 3 heteroatoms. The largest absolute Gasteiger partial charge is 0.387 e. The van der Waals surface area contributed by atoms with Crippen LogP contribution in [0.25, 0.3) is 0 Å². The van der Waals surface area contributed by atoms with E-state index in [0.29, 0.717) is 0 Å². The van der Waals surface area contributed by atoms with Gasteiger partial charge in [-0.25, -0.2) is 0 Å². The highest BCUT2D eigenvalue weighted by atomic mass is 32.1. The second kappa shape index (κ2) is 4.86. The second-order valence-electron chi connectivity index (χ2n) is 4.91. The maximum absolute atomic E-state index is 10.5. The average Bonchev–Trinajstić information content (AvgIpc) is 2.56. The van der Waals surface area contributed by atoms with Gasteiger partial charge >= 0.3 is 0 Å². The zero-order chi connectivity index (χ0) is 11.6. The van der Waals surface area contributed by atoms with Gasteiger partial charge in [0.25, 0.3) is 0 Å². The first-order valence-electron chi connectivity index (χ1n) is 6.07. The Bertz CT molecular complexity index is 337. The molecule has 1 aliphatic carbocycles. The van der Waals surface area contributed by atoms with Gasteiger partial charge in [-0.15, -0.1) is 11.3 Å². The Morgan fingerprint density at radius 3 is 2.38 bits per heavy atom. The van der Waals surface area contributed by atoms with Crippen molar-refractivity contribution in [2.24, 2.45) is 0 Å². The zero-order valence-electron chi connectivity index (χ0n) is 9.78. The summed E-state index contributed by atoms with van der Waals surface area (Å²) in [5.74, 6) is 0. The number of hydrogen-bond acceptors (Lipinski definition) is 3. The molecule has 90 valence electrons. The minimum Gasteiger partial charge on any atom is -0.387 e. The van der Waals surface area contributed by atoms with E-state index in [2.05, 4.69) is 0 Å². The molecule has 1 aromatic heterocycles. The normalized spacial score (nSPS) is 22.7. The van der Waals surface area contributed by atoms with Gasteiger partial charge in [-0.3, -0.25) is 0 Å². The maximum Gasteiger partial charge on any atom is 0.108 e. The molecule has 1 saturated carbocycles. The van der Waals surface area contributed by atoms with E-state index in [1.54, 1.807) is 11.3 Å². The summed E-state index contributed by atoms with van der Waals surface area (Å²) in [7, 11) is 0. The Hall–Kier alpha value is -0.380. The van der Waals surface area contributed by atoms with Gasteiger partial charge in [0.15, 0.2) is 0 Å². The summed E-state index contributed by atoms with van der Waals surface area (Å²) in [4.78, 5) is 1.19. The molecule has 0 bridgehead atoms. The molecule has 0 aliphatic heterocycles. The minimum atomic E-state index is -0.899. The summed E-state index contributed by atoms with van der Waals surface area (Å²) in [5, 5.41) is 22.8. The molecule has 2 rings (SSSR count). The standard InChI is InChI=1S/C13H20O2S/c1-10-8-11(9-16-10)12(14)13(15)6-4-2-3-5-7-13/h8-9,12,14-15H,2-7H2,1H3. The SMILES string of the molecule is Cc1cc(C(O)C2(O)CCCCCC2)cs1. The lowest BCUT2D eigenvalue weighted by molar-refractivity contribution is -0.0865. The van der Waals surface area contributed by atoms with Crippen LogP contribution in [0.4, 0.5) is 0 Å². The van der Waals surface area contributed by atoms with Crippen molar-refractivity contribution in [1.29, 1.82) is 0 Å². The molecule has 0 saturated heterocycles. The molecule has 0 spiro atoms. The highest BCUT2D eigenvalue weighted by molar-refractivity contribution is 7.10. The summed E-state index contributed by atoms with van der Waals surface area (Å²) in [6.45, 7) is 2.03. The van der Waals surface area contributed by atoms with Gasteiger partial charge < -0.3 is 10.2 Å². The molecule has 0 aromatic carbocycles. The molecule has 1 aromatic rings. The van der Waals surface area contributed by atoms with Gasteiger partial charge in [-0.05, 0) is 36.8 Å². The van der Waals surface area contributed by atoms with Crippen molar-refractivity contribution in [3.8, 4) is 0 Å². The maximum atomic E-state index is 10.5. The molecule has 1 heterocycles. The fourth-order valence-corrected chi connectivity index (χ4v) is 3.25. The topological polar surface area (TPSA) is 40.5 Å². The van der Waals surface area contributed by atoms with E-state index in [1.165, 1.54) is 17.7 Å². The van der Waals surface area contributed by atoms with Crippen LogP contribution in [0.1, 0.15) is 55.1 Å². The van der Waals surface area contributed by atoms with Crippen LogP contribution in [0.3, 0.4) is 0 Å². The number of rotatable bonds is 2. The van der Waals surface area contributed by atoms with Crippen LogP contribution in [0.5, 0.6) is 0 Å². The van der Waals surface area contributed by atoms with Crippen LogP contribution < -0.4 is 0 Å². The Morgan fingerprint density at radius 1 is 1.25 bits per heavy atom. The zero-order valence-corrected chi connectivity index (χ0v) is 10.6. The van der Waals surface area contributed by atoms with Crippen molar-refractivity contribution in [2.75, 3.05) is 0 Å². The predicted octanol–water partition coefficient (Wildman–Crippen LogP) is 3.18. The smallest absolute Gasteiger partial charge is 0.108 e. The van der Waals surface area contributed by atoms with Gasteiger partial charge in [-0.1, -0.05) is 25.7 Å². The third-order valence-corrected chi connectivity index (χ3v) is 4.42. The molecule has 1 aliphatic rings. The van der Waals surface area contributed by atoms with Crippen LogP contribution in [-0.4, -0.2) is 15.8 Å². The van der Waals surface area contributed by atoms with Gasteiger partial charge in [0.2, 0.25) is 0 Å².